The molecule has 2 saturated heterocycles. The average Bonchev–Trinajstić information content (AvgIpc) is 3.12. The highest BCUT2D eigenvalue weighted by atomic mass is 16.2. The highest BCUT2D eigenvalue weighted by Gasteiger charge is 2.54. The number of hydrogen-bond donors (Lipinski definition) is 0. The second kappa shape index (κ2) is 9.32. The number of nitrogens with zero attached hydrogens (tertiary/aromatic N) is 2. The molecule has 2 aliphatic rings. The zero-order valence-electron chi connectivity index (χ0n) is 18.9. The van der Waals surface area contributed by atoms with E-state index in [-0.39, 0.29) is 18.2 Å². The molecular formula is C29H30N2O2. The van der Waals surface area contributed by atoms with Crippen molar-refractivity contribution >= 4 is 11.8 Å². The van der Waals surface area contributed by atoms with E-state index in [1.165, 1.54) is 10.5 Å². The van der Waals surface area contributed by atoms with Crippen LogP contribution in [0.3, 0.4) is 0 Å². The van der Waals surface area contributed by atoms with Gasteiger partial charge in [-0.3, -0.25) is 19.4 Å². The van der Waals surface area contributed by atoms with E-state index in [1.54, 1.807) is 0 Å². The van der Waals surface area contributed by atoms with Gasteiger partial charge in [0.25, 0.3) is 0 Å². The highest BCUT2D eigenvalue weighted by molar-refractivity contribution is 6.11. The molecule has 0 spiro atoms. The number of imide groups is 1. The standard InChI is InChI=1S/C29H30N2O2/c32-27-21-29(25-12-6-2-7-13-25,26-14-8-3-9-15-26)28(33)31(27)22-30-18-16-24(17-19-30)20-23-10-4-1-5-11-23/h1-15,24H,16-22H2. The summed E-state index contributed by atoms with van der Waals surface area (Å²) in [5.41, 5.74) is 2.22. The third-order valence-electron chi connectivity index (χ3n) is 7.28. The normalized spacial score (nSPS) is 19.2. The van der Waals surface area contributed by atoms with Crippen molar-refractivity contribution in [2.75, 3.05) is 19.8 Å². The minimum Gasteiger partial charge on any atom is -0.286 e. The van der Waals surface area contributed by atoms with Crippen LogP contribution in [-0.4, -0.2) is 41.4 Å². The molecule has 0 aliphatic carbocycles. The number of benzene rings is 3. The molecule has 0 saturated carbocycles. The molecule has 5 rings (SSSR count). The lowest BCUT2D eigenvalue weighted by Crippen LogP contribution is -2.47. The number of amides is 2. The van der Waals surface area contributed by atoms with Gasteiger partial charge in [-0.05, 0) is 41.9 Å². The lowest BCUT2D eigenvalue weighted by molar-refractivity contribution is -0.142. The maximum absolute atomic E-state index is 13.9. The SMILES string of the molecule is O=C1CC(c2ccccc2)(c2ccccc2)C(=O)N1CN1CCC(Cc2ccccc2)CC1. The van der Waals surface area contributed by atoms with E-state index in [9.17, 15) is 9.59 Å². The molecule has 3 aromatic carbocycles. The molecule has 0 aromatic heterocycles. The first-order valence-corrected chi connectivity index (χ1v) is 11.9. The van der Waals surface area contributed by atoms with E-state index < -0.39 is 5.41 Å². The van der Waals surface area contributed by atoms with Crippen LogP contribution < -0.4 is 0 Å². The molecular weight excluding hydrogens is 408 g/mol. The Balaban J connectivity index is 1.31. The maximum atomic E-state index is 13.9. The third kappa shape index (κ3) is 4.23. The number of piperidine rings is 1. The van der Waals surface area contributed by atoms with Crippen molar-refractivity contribution in [2.45, 2.75) is 31.1 Å². The Morgan fingerprint density at radius 2 is 1.24 bits per heavy atom. The number of carbonyl (C=O) groups excluding carboxylic acids is 2. The van der Waals surface area contributed by atoms with Gasteiger partial charge in [0, 0.05) is 19.5 Å². The van der Waals surface area contributed by atoms with Crippen molar-refractivity contribution in [3.8, 4) is 0 Å². The van der Waals surface area contributed by atoms with Gasteiger partial charge in [0.15, 0.2) is 0 Å². The van der Waals surface area contributed by atoms with Gasteiger partial charge in [-0.25, -0.2) is 0 Å². The largest absolute Gasteiger partial charge is 0.286 e. The molecule has 2 aliphatic heterocycles. The molecule has 2 fully saturated rings. The average molecular weight is 439 g/mol. The Kier molecular flexibility index (Phi) is 6.10. The Morgan fingerprint density at radius 1 is 0.727 bits per heavy atom. The van der Waals surface area contributed by atoms with E-state index in [2.05, 4.69) is 35.2 Å². The summed E-state index contributed by atoms with van der Waals surface area (Å²) in [4.78, 5) is 30.9. The molecule has 0 bridgehead atoms. The smallest absolute Gasteiger partial charge is 0.245 e. The fourth-order valence-electron chi connectivity index (χ4n) is 5.43. The molecule has 0 atom stereocenters. The van der Waals surface area contributed by atoms with Crippen LogP contribution in [0.1, 0.15) is 36.0 Å². The fraction of sp³-hybridized carbons (Fsp3) is 0.310. The van der Waals surface area contributed by atoms with Crippen LogP contribution in [0.4, 0.5) is 0 Å². The first-order valence-electron chi connectivity index (χ1n) is 11.9. The minimum absolute atomic E-state index is 0.0842. The zero-order chi connectivity index (χ0) is 22.7. The maximum Gasteiger partial charge on any atom is 0.245 e. The predicted octanol–water partition coefficient (Wildman–Crippen LogP) is 4.64. The zero-order valence-corrected chi connectivity index (χ0v) is 18.9. The molecule has 0 N–H and O–H groups in total. The van der Waals surface area contributed by atoms with Gasteiger partial charge in [0.2, 0.25) is 11.8 Å². The van der Waals surface area contributed by atoms with Crippen LogP contribution in [0.2, 0.25) is 0 Å². The van der Waals surface area contributed by atoms with E-state index in [1.807, 2.05) is 60.7 Å². The van der Waals surface area contributed by atoms with Gasteiger partial charge in [-0.2, -0.15) is 0 Å². The summed E-state index contributed by atoms with van der Waals surface area (Å²) in [7, 11) is 0. The molecule has 168 valence electrons. The van der Waals surface area contributed by atoms with Crippen LogP contribution in [0.15, 0.2) is 91.0 Å². The Morgan fingerprint density at radius 3 is 1.79 bits per heavy atom. The lowest BCUT2D eigenvalue weighted by Gasteiger charge is -2.35. The highest BCUT2D eigenvalue weighted by Crippen LogP contribution is 2.42. The van der Waals surface area contributed by atoms with Gasteiger partial charge < -0.3 is 0 Å². The van der Waals surface area contributed by atoms with E-state index in [0.29, 0.717) is 12.6 Å². The van der Waals surface area contributed by atoms with Crippen LogP contribution in [0, 0.1) is 5.92 Å². The van der Waals surface area contributed by atoms with Gasteiger partial charge in [-0.1, -0.05) is 91.0 Å². The van der Waals surface area contributed by atoms with Gasteiger partial charge in [0.05, 0.1) is 6.67 Å². The summed E-state index contributed by atoms with van der Waals surface area (Å²) < 4.78 is 0. The first-order chi connectivity index (χ1) is 16.2. The summed E-state index contributed by atoms with van der Waals surface area (Å²) in [5, 5.41) is 0. The number of hydrogen-bond acceptors (Lipinski definition) is 3. The number of rotatable bonds is 6. The molecule has 4 heteroatoms. The van der Waals surface area contributed by atoms with E-state index >= 15 is 0 Å². The molecule has 2 heterocycles. The van der Waals surface area contributed by atoms with Crippen molar-refractivity contribution in [2.24, 2.45) is 5.92 Å². The molecule has 3 aromatic rings. The Hall–Kier alpha value is -3.24. The van der Waals surface area contributed by atoms with Crippen molar-refractivity contribution < 1.29 is 9.59 Å². The van der Waals surface area contributed by atoms with E-state index in [4.69, 9.17) is 0 Å². The molecule has 0 radical (unpaired) electrons. The summed E-state index contributed by atoms with van der Waals surface area (Å²) in [5.74, 6) is 0.469. The summed E-state index contributed by atoms with van der Waals surface area (Å²) in [6, 6.07) is 30.2. The van der Waals surface area contributed by atoms with Crippen molar-refractivity contribution in [1.29, 1.82) is 0 Å². The summed E-state index contributed by atoms with van der Waals surface area (Å²) >= 11 is 0. The molecule has 4 nitrogen and oxygen atoms in total. The summed E-state index contributed by atoms with van der Waals surface area (Å²) in [6.45, 7) is 2.22. The fourth-order valence-corrected chi connectivity index (χ4v) is 5.43. The van der Waals surface area contributed by atoms with Gasteiger partial charge in [-0.15, -0.1) is 0 Å². The van der Waals surface area contributed by atoms with Crippen LogP contribution in [0.5, 0.6) is 0 Å². The number of carbonyl (C=O) groups is 2. The first kappa shape index (κ1) is 21.6. The lowest BCUT2D eigenvalue weighted by atomic mass is 9.73. The third-order valence-corrected chi connectivity index (χ3v) is 7.28. The number of likely N-dealkylation sites (tertiary alicyclic amines) is 2. The van der Waals surface area contributed by atoms with Gasteiger partial charge >= 0.3 is 0 Å². The van der Waals surface area contributed by atoms with Gasteiger partial charge in [0.1, 0.15) is 5.41 Å². The summed E-state index contributed by atoms with van der Waals surface area (Å²) in [6.07, 6.45) is 3.47. The van der Waals surface area contributed by atoms with Crippen LogP contribution in [0.25, 0.3) is 0 Å². The molecule has 2 amide bonds. The second-order valence-corrected chi connectivity index (χ2v) is 9.33. The monoisotopic (exact) mass is 438 g/mol. The topological polar surface area (TPSA) is 40.6 Å². The van der Waals surface area contributed by atoms with Crippen molar-refractivity contribution in [1.82, 2.24) is 9.80 Å². The van der Waals surface area contributed by atoms with Crippen molar-refractivity contribution in [3.63, 3.8) is 0 Å². The molecule has 33 heavy (non-hydrogen) atoms. The van der Waals surface area contributed by atoms with Crippen LogP contribution >= 0.6 is 0 Å². The Bertz CT molecular complexity index is 1050. The quantitative estimate of drug-likeness (QED) is 0.526. The predicted molar refractivity (Wildman–Crippen MR) is 129 cm³/mol. The minimum atomic E-state index is -0.939. The van der Waals surface area contributed by atoms with Crippen molar-refractivity contribution in [3.05, 3.63) is 108 Å². The van der Waals surface area contributed by atoms with E-state index in [0.717, 1.165) is 43.5 Å². The Labute approximate surface area is 195 Å². The molecule has 0 unspecified atom stereocenters. The van der Waals surface area contributed by atoms with Crippen LogP contribution in [-0.2, 0) is 21.4 Å². The second-order valence-electron chi connectivity index (χ2n) is 9.33.